The Balaban J connectivity index is 1.86. The fraction of sp³-hybridized carbons (Fsp3) is 0.136. The Labute approximate surface area is 152 Å². The molecule has 0 atom stereocenters. The lowest BCUT2D eigenvalue weighted by atomic mass is 9.98. The minimum absolute atomic E-state index is 0.0353. The zero-order valence-electron chi connectivity index (χ0n) is 14.8. The van der Waals surface area contributed by atoms with Gasteiger partial charge in [-0.15, -0.1) is 0 Å². The van der Waals surface area contributed by atoms with Crippen molar-refractivity contribution in [3.05, 3.63) is 89.7 Å². The van der Waals surface area contributed by atoms with Crippen LogP contribution < -0.4 is 4.74 Å². The van der Waals surface area contributed by atoms with Crippen LogP contribution in [0.2, 0.25) is 0 Å². The van der Waals surface area contributed by atoms with Gasteiger partial charge >= 0.3 is 0 Å². The Morgan fingerprint density at radius 2 is 1.69 bits per heavy atom. The third-order valence-electron chi connectivity index (χ3n) is 4.05. The standard InChI is InChI=1S/C22H20FNO2/c1-24(2)22(25)17-8-5-7-16(14-17)21-9-4-3-6-18(21)15-26-20-12-10-19(23)11-13-20/h3-14H,15H2,1-2H3. The van der Waals surface area contributed by atoms with Crippen LogP contribution in [0.4, 0.5) is 4.39 Å². The van der Waals surface area contributed by atoms with Crippen molar-refractivity contribution in [3.8, 4) is 16.9 Å². The first-order chi connectivity index (χ1) is 12.5. The van der Waals surface area contributed by atoms with Crippen LogP contribution in [0.5, 0.6) is 5.75 Å². The van der Waals surface area contributed by atoms with Gasteiger partial charge in [0.2, 0.25) is 0 Å². The lowest BCUT2D eigenvalue weighted by molar-refractivity contribution is 0.0827. The molecule has 0 radical (unpaired) electrons. The van der Waals surface area contributed by atoms with E-state index in [0.29, 0.717) is 17.9 Å². The Kier molecular flexibility index (Phi) is 5.32. The van der Waals surface area contributed by atoms with Crippen LogP contribution in [0.1, 0.15) is 15.9 Å². The monoisotopic (exact) mass is 349 g/mol. The van der Waals surface area contributed by atoms with Crippen molar-refractivity contribution < 1.29 is 13.9 Å². The number of carbonyl (C=O) groups excluding carboxylic acids is 1. The largest absolute Gasteiger partial charge is 0.489 e. The minimum atomic E-state index is -0.292. The van der Waals surface area contributed by atoms with Gasteiger partial charge in [-0.2, -0.15) is 0 Å². The third-order valence-corrected chi connectivity index (χ3v) is 4.05. The van der Waals surface area contributed by atoms with Gasteiger partial charge in [0.1, 0.15) is 18.2 Å². The number of ether oxygens (including phenoxy) is 1. The summed E-state index contributed by atoms with van der Waals surface area (Å²) in [6.07, 6.45) is 0. The summed E-state index contributed by atoms with van der Waals surface area (Å²) < 4.78 is 18.8. The highest BCUT2D eigenvalue weighted by Gasteiger charge is 2.11. The van der Waals surface area contributed by atoms with Crippen LogP contribution in [0, 0.1) is 5.82 Å². The maximum atomic E-state index is 13.0. The van der Waals surface area contributed by atoms with Gasteiger partial charge in [0, 0.05) is 19.7 Å². The van der Waals surface area contributed by atoms with E-state index in [2.05, 4.69) is 0 Å². The molecule has 26 heavy (non-hydrogen) atoms. The van der Waals surface area contributed by atoms with Crippen LogP contribution in [-0.2, 0) is 6.61 Å². The molecule has 3 aromatic carbocycles. The van der Waals surface area contributed by atoms with E-state index in [1.807, 2.05) is 48.5 Å². The van der Waals surface area contributed by atoms with E-state index < -0.39 is 0 Å². The molecule has 0 aliphatic carbocycles. The average molecular weight is 349 g/mol. The number of rotatable bonds is 5. The van der Waals surface area contributed by atoms with Crippen LogP contribution in [0.15, 0.2) is 72.8 Å². The average Bonchev–Trinajstić information content (AvgIpc) is 2.67. The molecule has 0 N–H and O–H groups in total. The zero-order valence-corrected chi connectivity index (χ0v) is 14.8. The normalized spacial score (nSPS) is 10.4. The highest BCUT2D eigenvalue weighted by atomic mass is 19.1. The molecule has 132 valence electrons. The van der Waals surface area contributed by atoms with Crippen LogP contribution in [0.3, 0.4) is 0 Å². The van der Waals surface area contributed by atoms with Crippen molar-refractivity contribution in [2.45, 2.75) is 6.61 Å². The van der Waals surface area contributed by atoms with E-state index in [4.69, 9.17) is 4.74 Å². The molecule has 0 aliphatic rings. The molecule has 4 heteroatoms. The number of halogens is 1. The van der Waals surface area contributed by atoms with Gasteiger partial charge in [0.15, 0.2) is 0 Å². The number of benzene rings is 3. The number of hydrogen-bond donors (Lipinski definition) is 0. The summed E-state index contributed by atoms with van der Waals surface area (Å²) >= 11 is 0. The predicted molar refractivity (Wildman–Crippen MR) is 101 cm³/mol. The maximum Gasteiger partial charge on any atom is 0.253 e. The fourth-order valence-corrected chi connectivity index (χ4v) is 2.70. The maximum absolute atomic E-state index is 13.0. The van der Waals surface area contributed by atoms with Gasteiger partial charge < -0.3 is 9.64 Å². The van der Waals surface area contributed by atoms with Crippen molar-refractivity contribution in [1.82, 2.24) is 4.90 Å². The van der Waals surface area contributed by atoms with Crippen molar-refractivity contribution in [1.29, 1.82) is 0 Å². The summed E-state index contributed by atoms with van der Waals surface area (Å²) in [4.78, 5) is 13.8. The highest BCUT2D eigenvalue weighted by molar-refractivity contribution is 5.95. The molecule has 0 fully saturated rings. The predicted octanol–water partition coefficient (Wildman–Crippen LogP) is 4.77. The summed E-state index contributed by atoms with van der Waals surface area (Å²) in [5.41, 5.74) is 3.59. The third kappa shape index (κ3) is 4.09. The Morgan fingerprint density at radius 3 is 2.42 bits per heavy atom. The lowest BCUT2D eigenvalue weighted by Crippen LogP contribution is -2.21. The molecule has 1 amide bonds. The molecule has 3 nitrogen and oxygen atoms in total. The van der Waals surface area contributed by atoms with E-state index in [-0.39, 0.29) is 11.7 Å². The lowest BCUT2D eigenvalue weighted by Gasteiger charge is -2.14. The van der Waals surface area contributed by atoms with E-state index in [0.717, 1.165) is 16.7 Å². The highest BCUT2D eigenvalue weighted by Crippen LogP contribution is 2.26. The molecule has 0 saturated carbocycles. The van der Waals surface area contributed by atoms with E-state index >= 15 is 0 Å². The number of amides is 1. The molecular formula is C22H20FNO2. The van der Waals surface area contributed by atoms with Crippen LogP contribution in [0.25, 0.3) is 11.1 Å². The second kappa shape index (κ2) is 7.83. The molecule has 0 bridgehead atoms. The molecule has 0 aromatic heterocycles. The molecular weight excluding hydrogens is 329 g/mol. The van der Waals surface area contributed by atoms with Crippen molar-refractivity contribution in [2.75, 3.05) is 14.1 Å². The first-order valence-electron chi connectivity index (χ1n) is 8.33. The topological polar surface area (TPSA) is 29.5 Å². The summed E-state index contributed by atoms with van der Waals surface area (Å²) in [7, 11) is 3.47. The Morgan fingerprint density at radius 1 is 0.962 bits per heavy atom. The minimum Gasteiger partial charge on any atom is -0.489 e. The van der Waals surface area contributed by atoms with E-state index in [1.54, 1.807) is 31.1 Å². The molecule has 3 aromatic rings. The second-order valence-electron chi connectivity index (χ2n) is 6.18. The number of hydrogen-bond acceptors (Lipinski definition) is 2. The number of nitrogens with zero attached hydrogens (tertiary/aromatic N) is 1. The number of carbonyl (C=O) groups is 1. The first kappa shape index (κ1) is 17.7. The summed E-state index contributed by atoms with van der Waals surface area (Å²) in [6, 6.07) is 21.4. The van der Waals surface area contributed by atoms with Gasteiger partial charge in [0.05, 0.1) is 0 Å². The smallest absolute Gasteiger partial charge is 0.253 e. The van der Waals surface area contributed by atoms with Gasteiger partial charge in [0.25, 0.3) is 5.91 Å². The zero-order chi connectivity index (χ0) is 18.5. The summed E-state index contributed by atoms with van der Waals surface area (Å²) in [5.74, 6) is 0.282. The summed E-state index contributed by atoms with van der Waals surface area (Å²) in [5, 5.41) is 0. The molecule has 0 spiro atoms. The van der Waals surface area contributed by atoms with Gasteiger partial charge in [-0.25, -0.2) is 4.39 Å². The van der Waals surface area contributed by atoms with Crippen molar-refractivity contribution in [2.24, 2.45) is 0 Å². The fourth-order valence-electron chi connectivity index (χ4n) is 2.70. The van der Waals surface area contributed by atoms with Gasteiger partial charge in [-0.1, -0.05) is 36.4 Å². The summed E-state index contributed by atoms with van der Waals surface area (Å²) in [6.45, 7) is 0.355. The SMILES string of the molecule is CN(C)C(=O)c1cccc(-c2ccccc2COc2ccc(F)cc2)c1. The molecule has 3 rings (SSSR count). The quantitative estimate of drug-likeness (QED) is 0.664. The second-order valence-corrected chi connectivity index (χ2v) is 6.18. The molecule has 0 unspecified atom stereocenters. The van der Waals surface area contributed by atoms with Crippen LogP contribution in [-0.4, -0.2) is 24.9 Å². The first-order valence-corrected chi connectivity index (χ1v) is 8.33. The molecule has 0 aliphatic heterocycles. The van der Waals surface area contributed by atoms with Crippen LogP contribution >= 0.6 is 0 Å². The van der Waals surface area contributed by atoms with Crippen molar-refractivity contribution in [3.63, 3.8) is 0 Å². The Hall–Kier alpha value is -3.14. The van der Waals surface area contributed by atoms with E-state index in [9.17, 15) is 9.18 Å². The van der Waals surface area contributed by atoms with Gasteiger partial charge in [-0.3, -0.25) is 4.79 Å². The van der Waals surface area contributed by atoms with Crippen molar-refractivity contribution >= 4 is 5.91 Å². The molecule has 0 saturated heterocycles. The molecule has 0 heterocycles. The Bertz CT molecular complexity index is 904. The van der Waals surface area contributed by atoms with Gasteiger partial charge in [-0.05, 0) is 53.1 Å². The van der Waals surface area contributed by atoms with E-state index in [1.165, 1.54) is 12.1 Å².